The van der Waals surface area contributed by atoms with Crippen LogP contribution in [0.15, 0.2) is 36.9 Å². The Morgan fingerprint density at radius 3 is 2.92 bits per heavy atom. The topological polar surface area (TPSA) is 20.2 Å². The molecule has 0 fully saturated rings. The molecule has 1 aliphatic rings. The Hall–Kier alpha value is -1.08. The maximum absolute atomic E-state index is 9.64. The van der Waals surface area contributed by atoms with Gasteiger partial charge in [-0.25, -0.2) is 0 Å². The molecule has 0 spiro atoms. The highest BCUT2D eigenvalue weighted by atomic mass is 16.3. The van der Waals surface area contributed by atoms with E-state index >= 15 is 0 Å². The first-order chi connectivity index (χ1) is 5.83. The Morgan fingerprint density at radius 2 is 2.17 bits per heavy atom. The van der Waals surface area contributed by atoms with E-state index < -0.39 is 0 Å². The molecule has 0 radical (unpaired) electrons. The van der Waals surface area contributed by atoms with Crippen LogP contribution in [0.5, 0.6) is 0 Å². The van der Waals surface area contributed by atoms with E-state index in [1.807, 2.05) is 18.2 Å². The first-order valence-corrected chi connectivity index (χ1v) is 4.21. The lowest BCUT2D eigenvalue weighted by molar-refractivity contribution is 0.172. The summed E-state index contributed by atoms with van der Waals surface area (Å²) in [5.74, 6) is 0.140. The van der Waals surface area contributed by atoms with Crippen LogP contribution in [0.3, 0.4) is 0 Å². The van der Waals surface area contributed by atoms with Crippen LogP contribution in [0.2, 0.25) is 0 Å². The number of hydrogen-bond acceptors (Lipinski definition) is 1. The third-order valence-electron chi connectivity index (χ3n) is 2.51. The molecule has 1 nitrogen and oxygen atoms in total. The summed E-state index contributed by atoms with van der Waals surface area (Å²) >= 11 is 0. The third-order valence-corrected chi connectivity index (χ3v) is 2.51. The van der Waals surface area contributed by atoms with Crippen LogP contribution in [-0.4, -0.2) is 11.2 Å². The molecule has 1 aromatic carbocycles. The zero-order valence-corrected chi connectivity index (χ0v) is 6.90. The van der Waals surface area contributed by atoms with Crippen LogP contribution in [-0.2, 0) is 6.42 Å². The number of rotatable bonds is 1. The Labute approximate surface area is 72.4 Å². The molecular formula is C11H12O. The zero-order chi connectivity index (χ0) is 8.55. The molecule has 2 atom stereocenters. The predicted molar refractivity (Wildman–Crippen MR) is 49.1 cm³/mol. The predicted octanol–water partition coefficient (Wildman–Crippen LogP) is 1.87. The van der Waals surface area contributed by atoms with Gasteiger partial charge in [0.05, 0.1) is 6.10 Å². The maximum atomic E-state index is 9.64. The van der Waals surface area contributed by atoms with Crippen molar-refractivity contribution in [3.8, 4) is 0 Å². The summed E-state index contributed by atoms with van der Waals surface area (Å²) < 4.78 is 0. The zero-order valence-electron chi connectivity index (χ0n) is 6.90. The number of aliphatic hydroxyl groups excluding tert-OH is 1. The summed E-state index contributed by atoms with van der Waals surface area (Å²) in [6.07, 6.45) is 2.34. The van der Waals surface area contributed by atoms with Crippen LogP contribution in [0.1, 0.15) is 17.0 Å². The normalized spacial score (nSPS) is 26.8. The molecule has 0 saturated carbocycles. The summed E-state index contributed by atoms with van der Waals surface area (Å²) in [6, 6.07) is 8.16. The van der Waals surface area contributed by atoms with Crippen molar-refractivity contribution in [1.29, 1.82) is 0 Å². The minimum absolute atomic E-state index is 0.140. The van der Waals surface area contributed by atoms with Gasteiger partial charge in [-0.15, -0.1) is 6.58 Å². The second-order valence-electron chi connectivity index (χ2n) is 3.23. The lowest BCUT2D eigenvalue weighted by Gasteiger charge is -2.09. The van der Waals surface area contributed by atoms with Crippen molar-refractivity contribution >= 4 is 0 Å². The maximum Gasteiger partial charge on any atom is 0.0683 e. The smallest absolute Gasteiger partial charge is 0.0683 e. The minimum atomic E-state index is -0.264. The van der Waals surface area contributed by atoms with Crippen molar-refractivity contribution < 1.29 is 5.11 Å². The van der Waals surface area contributed by atoms with Gasteiger partial charge in [0.25, 0.3) is 0 Å². The van der Waals surface area contributed by atoms with E-state index in [1.54, 1.807) is 0 Å². The highest BCUT2D eigenvalue weighted by Gasteiger charge is 2.27. The van der Waals surface area contributed by atoms with Gasteiger partial charge in [-0.1, -0.05) is 30.3 Å². The number of fused-ring (bicyclic) bond motifs is 1. The molecule has 1 aliphatic carbocycles. The van der Waals surface area contributed by atoms with E-state index in [0.717, 1.165) is 6.42 Å². The van der Waals surface area contributed by atoms with Gasteiger partial charge >= 0.3 is 0 Å². The van der Waals surface area contributed by atoms with Gasteiger partial charge in [0.1, 0.15) is 0 Å². The van der Waals surface area contributed by atoms with Crippen molar-refractivity contribution in [1.82, 2.24) is 0 Å². The molecular weight excluding hydrogens is 148 g/mol. The van der Waals surface area contributed by atoms with Crippen LogP contribution in [0.4, 0.5) is 0 Å². The Kier molecular flexibility index (Phi) is 1.74. The molecule has 62 valence electrons. The monoisotopic (exact) mass is 160 g/mol. The average molecular weight is 160 g/mol. The summed E-state index contributed by atoms with van der Waals surface area (Å²) in [5, 5.41) is 9.64. The van der Waals surface area contributed by atoms with Crippen molar-refractivity contribution in [2.45, 2.75) is 18.4 Å². The van der Waals surface area contributed by atoms with Crippen LogP contribution >= 0.6 is 0 Å². The quantitative estimate of drug-likeness (QED) is 0.622. The second-order valence-corrected chi connectivity index (χ2v) is 3.23. The van der Waals surface area contributed by atoms with Gasteiger partial charge in [0.15, 0.2) is 0 Å². The molecule has 0 saturated heterocycles. The third kappa shape index (κ3) is 0.978. The molecule has 1 aromatic rings. The van der Waals surface area contributed by atoms with Crippen LogP contribution in [0.25, 0.3) is 0 Å². The second kappa shape index (κ2) is 2.76. The van der Waals surface area contributed by atoms with E-state index in [-0.39, 0.29) is 12.0 Å². The van der Waals surface area contributed by atoms with Crippen molar-refractivity contribution in [3.63, 3.8) is 0 Å². The van der Waals surface area contributed by atoms with Gasteiger partial charge in [-0.3, -0.25) is 0 Å². The summed E-state index contributed by atoms with van der Waals surface area (Å²) in [7, 11) is 0. The molecule has 2 unspecified atom stereocenters. The number of benzene rings is 1. The van der Waals surface area contributed by atoms with Gasteiger partial charge in [0, 0.05) is 5.92 Å². The molecule has 0 aromatic heterocycles. The van der Waals surface area contributed by atoms with Gasteiger partial charge in [0.2, 0.25) is 0 Å². The molecule has 2 rings (SSSR count). The van der Waals surface area contributed by atoms with Gasteiger partial charge < -0.3 is 5.11 Å². The fourth-order valence-electron chi connectivity index (χ4n) is 1.89. The SMILES string of the molecule is C=CC1c2ccccc2CC1O. The highest BCUT2D eigenvalue weighted by molar-refractivity contribution is 5.39. The van der Waals surface area contributed by atoms with Crippen LogP contribution < -0.4 is 0 Å². The summed E-state index contributed by atoms with van der Waals surface area (Å²) in [6.45, 7) is 3.73. The average Bonchev–Trinajstić information content (AvgIpc) is 2.40. The molecule has 0 heterocycles. The molecule has 1 N–H and O–H groups in total. The summed E-state index contributed by atoms with van der Waals surface area (Å²) in [4.78, 5) is 0. The number of hydrogen-bond donors (Lipinski definition) is 1. The van der Waals surface area contributed by atoms with Crippen molar-refractivity contribution in [2.75, 3.05) is 0 Å². The minimum Gasteiger partial charge on any atom is -0.392 e. The molecule has 12 heavy (non-hydrogen) atoms. The highest BCUT2D eigenvalue weighted by Crippen LogP contribution is 2.33. The molecule has 0 amide bonds. The van der Waals surface area contributed by atoms with E-state index in [4.69, 9.17) is 0 Å². The van der Waals surface area contributed by atoms with E-state index in [1.165, 1.54) is 11.1 Å². The van der Waals surface area contributed by atoms with E-state index in [9.17, 15) is 5.11 Å². The Morgan fingerprint density at radius 1 is 1.42 bits per heavy atom. The molecule has 0 bridgehead atoms. The van der Waals surface area contributed by atoms with Crippen molar-refractivity contribution in [3.05, 3.63) is 48.0 Å². The van der Waals surface area contributed by atoms with E-state index in [2.05, 4.69) is 18.7 Å². The first-order valence-electron chi connectivity index (χ1n) is 4.21. The molecule has 1 heteroatoms. The largest absolute Gasteiger partial charge is 0.392 e. The van der Waals surface area contributed by atoms with Gasteiger partial charge in [-0.05, 0) is 17.5 Å². The van der Waals surface area contributed by atoms with Gasteiger partial charge in [-0.2, -0.15) is 0 Å². The lowest BCUT2D eigenvalue weighted by atomic mass is 10.0. The lowest BCUT2D eigenvalue weighted by Crippen LogP contribution is -2.10. The fourth-order valence-corrected chi connectivity index (χ4v) is 1.89. The fraction of sp³-hybridized carbons (Fsp3) is 0.273. The molecule has 0 aliphatic heterocycles. The first kappa shape index (κ1) is 7.56. The number of aliphatic hydroxyl groups is 1. The van der Waals surface area contributed by atoms with Crippen LogP contribution in [0, 0.1) is 0 Å². The van der Waals surface area contributed by atoms with E-state index in [0.29, 0.717) is 0 Å². The summed E-state index contributed by atoms with van der Waals surface area (Å²) in [5.41, 5.74) is 2.50. The van der Waals surface area contributed by atoms with Crippen molar-refractivity contribution in [2.24, 2.45) is 0 Å². The Balaban J connectivity index is 2.47. The Bertz CT molecular complexity index is 304. The standard InChI is InChI=1S/C11H12O/c1-2-9-10-6-4-3-5-8(10)7-11(9)12/h2-6,9,11-12H,1,7H2.